The van der Waals surface area contributed by atoms with Crippen molar-refractivity contribution in [2.75, 3.05) is 0 Å². The molecule has 0 aliphatic heterocycles. The Kier molecular flexibility index (Phi) is 6.27. The van der Waals surface area contributed by atoms with Gasteiger partial charge >= 0.3 is 0 Å². The molecule has 0 aromatic heterocycles. The molecule has 4 aromatic rings. The molecule has 5 rings (SSSR count). The van der Waals surface area contributed by atoms with Gasteiger partial charge in [-0.2, -0.15) is 0 Å². The van der Waals surface area contributed by atoms with Crippen molar-refractivity contribution in [1.82, 2.24) is 0 Å². The van der Waals surface area contributed by atoms with Gasteiger partial charge in [0, 0.05) is 68.8 Å². The van der Waals surface area contributed by atoms with Crippen LogP contribution in [0.3, 0.4) is 0 Å². The van der Waals surface area contributed by atoms with E-state index in [1.54, 1.807) is 0 Å². The minimum Gasteiger partial charge on any atom is -0.507 e. The molecule has 0 heterocycles. The second kappa shape index (κ2) is 9.39. The number of hydrogen-bond donors (Lipinski definition) is 12. The number of benzene rings is 4. The van der Waals surface area contributed by atoms with Crippen LogP contribution in [0.4, 0.5) is 0 Å². The third-order valence-electron chi connectivity index (χ3n) is 7.06. The molecule has 0 saturated carbocycles. The maximum Gasteiger partial charge on any atom is 0.125 e. The standard InChI is InChI=1S/C28H24O12/c29-17-5-18(30)10-1-9(17)25(37)11-2-13(21(33)6-19(11)31)27(39)15-4-16(24(36)8-23(15)35)28(40)14-3-12(26(10)38)20(32)7-22(14)34/h1-8,25-40H. The van der Waals surface area contributed by atoms with Crippen LogP contribution in [0.2, 0.25) is 0 Å². The third-order valence-corrected chi connectivity index (χ3v) is 7.06. The molecular weight excluding hydrogens is 528 g/mol. The monoisotopic (exact) mass is 552 g/mol. The summed E-state index contributed by atoms with van der Waals surface area (Å²) in [5.74, 6) is -5.31. The Morgan fingerprint density at radius 2 is 0.375 bits per heavy atom. The van der Waals surface area contributed by atoms with E-state index in [1.165, 1.54) is 0 Å². The predicted molar refractivity (Wildman–Crippen MR) is 135 cm³/mol. The fourth-order valence-corrected chi connectivity index (χ4v) is 4.87. The molecule has 12 nitrogen and oxygen atoms in total. The molecule has 4 aromatic carbocycles. The van der Waals surface area contributed by atoms with Gasteiger partial charge in [-0.25, -0.2) is 0 Å². The molecule has 0 saturated heterocycles. The minimum absolute atomic E-state index is 0.339. The van der Waals surface area contributed by atoms with Crippen molar-refractivity contribution in [2.45, 2.75) is 24.4 Å². The van der Waals surface area contributed by atoms with Gasteiger partial charge < -0.3 is 61.3 Å². The first-order valence-corrected chi connectivity index (χ1v) is 11.7. The molecular formula is C28H24O12. The maximum absolute atomic E-state index is 11.1. The fraction of sp³-hybridized carbons (Fsp3) is 0.143. The van der Waals surface area contributed by atoms with E-state index in [2.05, 4.69) is 0 Å². The largest absolute Gasteiger partial charge is 0.507 e. The average Bonchev–Trinajstić information content (AvgIpc) is 2.87. The molecule has 208 valence electrons. The maximum atomic E-state index is 11.1. The lowest BCUT2D eigenvalue weighted by Gasteiger charge is -2.24. The Balaban J connectivity index is 1.88. The summed E-state index contributed by atoms with van der Waals surface area (Å²) in [6.45, 7) is 0. The molecule has 0 unspecified atom stereocenters. The Morgan fingerprint density at radius 1 is 0.250 bits per heavy atom. The van der Waals surface area contributed by atoms with Gasteiger partial charge in [-0.3, -0.25) is 0 Å². The van der Waals surface area contributed by atoms with Crippen molar-refractivity contribution >= 4 is 0 Å². The normalized spacial score (nSPS) is 20.3. The molecule has 0 spiro atoms. The van der Waals surface area contributed by atoms with Crippen LogP contribution < -0.4 is 0 Å². The van der Waals surface area contributed by atoms with E-state index in [9.17, 15) is 61.3 Å². The van der Waals surface area contributed by atoms with Crippen LogP contribution in [0.15, 0.2) is 48.5 Å². The molecule has 1 aliphatic rings. The third kappa shape index (κ3) is 4.12. The zero-order chi connectivity index (χ0) is 29.2. The number of aliphatic hydroxyl groups excluding tert-OH is 4. The highest BCUT2D eigenvalue weighted by Gasteiger charge is 2.31. The first-order chi connectivity index (χ1) is 18.8. The van der Waals surface area contributed by atoms with Crippen LogP contribution in [0.1, 0.15) is 68.9 Å². The van der Waals surface area contributed by atoms with Crippen LogP contribution >= 0.6 is 0 Å². The highest BCUT2D eigenvalue weighted by molar-refractivity contribution is 5.60. The van der Waals surface area contributed by atoms with Gasteiger partial charge in [-0.05, 0) is 24.3 Å². The summed E-state index contributed by atoms with van der Waals surface area (Å²) in [6, 6.07) is 7.10. The van der Waals surface area contributed by atoms with E-state index in [-0.39, 0.29) is 44.5 Å². The van der Waals surface area contributed by atoms with Gasteiger partial charge in [-0.1, -0.05) is 0 Å². The molecule has 8 bridgehead atoms. The zero-order valence-electron chi connectivity index (χ0n) is 20.3. The Labute approximate surface area is 225 Å². The van der Waals surface area contributed by atoms with Gasteiger partial charge in [0.05, 0.1) is 0 Å². The quantitative estimate of drug-likeness (QED) is 0.150. The molecule has 12 N–H and O–H groups in total. The zero-order valence-corrected chi connectivity index (χ0v) is 20.3. The smallest absolute Gasteiger partial charge is 0.125 e. The Hall–Kier alpha value is -4.88. The summed E-state index contributed by atoms with van der Waals surface area (Å²) < 4.78 is 0. The molecule has 12 heteroatoms. The van der Waals surface area contributed by atoms with Crippen LogP contribution in [-0.4, -0.2) is 61.3 Å². The summed E-state index contributed by atoms with van der Waals surface area (Å²) in [5, 5.41) is 128. The van der Waals surface area contributed by atoms with Crippen molar-refractivity contribution in [1.29, 1.82) is 0 Å². The van der Waals surface area contributed by atoms with Gasteiger partial charge in [-0.15, -0.1) is 0 Å². The SMILES string of the molecule is Oc1cc(O)c2cc1C(O)c1cc(c(O)cc1O)C(O)c1cc(c(O)cc1O)C(O)c1cc(c(O)cc1O)C2O. The van der Waals surface area contributed by atoms with Crippen LogP contribution in [-0.2, 0) is 0 Å². The van der Waals surface area contributed by atoms with Crippen LogP contribution in [0.5, 0.6) is 46.0 Å². The van der Waals surface area contributed by atoms with E-state index in [4.69, 9.17) is 0 Å². The fourth-order valence-electron chi connectivity index (χ4n) is 4.87. The van der Waals surface area contributed by atoms with E-state index in [1.807, 2.05) is 0 Å². The Bertz CT molecular complexity index is 1320. The van der Waals surface area contributed by atoms with Gasteiger partial charge in [0.2, 0.25) is 0 Å². The highest BCUT2D eigenvalue weighted by atomic mass is 16.3. The van der Waals surface area contributed by atoms with Crippen molar-refractivity contribution < 1.29 is 61.3 Å². The summed E-state index contributed by atoms with van der Waals surface area (Å²) in [7, 11) is 0. The van der Waals surface area contributed by atoms with E-state index in [0.717, 1.165) is 48.5 Å². The Morgan fingerprint density at radius 3 is 0.500 bits per heavy atom. The number of hydrogen-bond acceptors (Lipinski definition) is 12. The molecule has 0 fully saturated rings. The topological polar surface area (TPSA) is 243 Å². The lowest BCUT2D eigenvalue weighted by molar-refractivity contribution is 0.196. The van der Waals surface area contributed by atoms with Crippen LogP contribution in [0, 0.1) is 0 Å². The summed E-state index contributed by atoms with van der Waals surface area (Å²) in [5.41, 5.74) is -2.71. The van der Waals surface area contributed by atoms with Gasteiger partial charge in [0.25, 0.3) is 0 Å². The predicted octanol–water partition coefficient (Wildman–Crippen LogP) is 1.97. The first-order valence-electron chi connectivity index (χ1n) is 11.7. The summed E-state index contributed by atoms with van der Waals surface area (Å²) >= 11 is 0. The first kappa shape index (κ1) is 26.7. The number of aliphatic hydroxyl groups is 4. The number of phenols is 8. The van der Waals surface area contributed by atoms with Crippen molar-refractivity contribution in [3.05, 3.63) is 93.0 Å². The summed E-state index contributed by atoms with van der Waals surface area (Å²) in [6.07, 6.45) is -7.44. The van der Waals surface area contributed by atoms with Crippen molar-refractivity contribution in [2.24, 2.45) is 0 Å². The van der Waals surface area contributed by atoms with E-state index in [0.29, 0.717) is 0 Å². The molecule has 1 aliphatic carbocycles. The van der Waals surface area contributed by atoms with E-state index >= 15 is 0 Å². The van der Waals surface area contributed by atoms with Gasteiger partial charge in [0.15, 0.2) is 0 Å². The number of aromatic hydroxyl groups is 8. The minimum atomic E-state index is -1.86. The van der Waals surface area contributed by atoms with Crippen molar-refractivity contribution in [3.8, 4) is 46.0 Å². The number of rotatable bonds is 0. The second-order valence-electron chi connectivity index (χ2n) is 9.49. The van der Waals surface area contributed by atoms with Crippen molar-refractivity contribution in [3.63, 3.8) is 0 Å². The number of fused-ring (bicyclic) bond motifs is 8. The lowest BCUT2D eigenvalue weighted by Crippen LogP contribution is -2.10. The van der Waals surface area contributed by atoms with Crippen LogP contribution in [0.25, 0.3) is 0 Å². The average molecular weight is 552 g/mol. The van der Waals surface area contributed by atoms with E-state index < -0.39 is 70.4 Å². The molecule has 0 amide bonds. The number of phenolic OH excluding ortho intramolecular Hbond substituents is 8. The highest BCUT2D eigenvalue weighted by Crippen LogP contribution is 2.47. The second-order valence-corrected chi connectivity index (χ2v) is 9.49. The molecule has 0 atom stereocenters. The lowest BCUT2D eigenvalue weighted by atomic mass is 9.88. The summed E-state index contributed by atoms with van der Waals surface area (Å²) in [4.78, 5) is 0. The molecule has 0 radical (unpaired) electrons. The van der Waals surface area contributed by atoms with Gasteiger partial charge in [0.1, 0.15) is 70.4 Å². The molecule has 40 heavy (non-hydrogen) atoms.